The van der Waals surface area contributed by atoms with E-state index in [1.807, 2.05) is 0 Å². The van der Waals surface area contributed by atoms with Crippen LogP contribution in [0.15, 0.2) is 36.4 Å². The highest BCUT2D eigenvalue weighted by Gasteiger charge is 2.09. The normalized spacial score (nSPS) is 12.2. The molecule has 0 heterocycles. The fraction of sp³-hybridized carbons (Fsp3) is 0.250. The quantitative estimate of drug-likeness (QED) is 0.919. The zero-order valence-corrected chi connectivity index (χ0v) is 11.4. The van der Waals surface area contributed by atoms with Crippen LogP contribution in [0.1, 0.15) is 29.7 Å². The van der Waals surface area contributed by atoms with Crippen LogP contribution in [0.3, 0.4) is 0 Å². The molecule has 2 nitrogen and oxygen atoms in total. The summed E-state index contributed by atoms with van der Waals surface area (Å²) in [7, 11) is 0. The van der Waals surface area contributed by atoms with Crippen molar-refractivity contribution in [1.29, 1.82) is 0 Å². The lowest BCUT2D eigenvalue weighted by molar-refractivity contribution is 0.198. The summed E-state index contributed by atoms with van der Waals surface area (Å²) in [4.78, 5) is 0. The zero-order valence-electron chi connectivity index (χ0n) is 11.4. The van der Waals surface area contributed by atoms with Crippen molar-refractivity contribution in [2.75, 3.05) is 0 Å². The van der Waals surface area contributed by atoms with Crippen LogP contribution in [0.2, 0.25) is 0 Å². The van der Waals surface area contributed by atoms with Gasteiger partial charge in [0.2, 0.25) is 0 Å². The van der Waals surface area contributed by atoms with Gasteiger partial charge in [0.15, 0.2) is 11.6 Å². The zero-order chi connectivity index (χ0) is 14.7. The van der Waals surface area contributed by atoms with Gasteiger partial charge in [0, 0.05) is 0 Å². The predicted molar refractivity (Wildman–Crippen MR) is 72.5 cm³/mol. The highest BCUT2D eigenvalue weighted by molar-refractivity contribution is 5.31. The minimum atomic E-state index is -0.724. The van der Waals surface area contributed by atoms with Crippen LogP contribution < -0.4 is 4.74 Å². The lowest BCUT2D eigenvalue weighted by atomic mass is 10.1. The molecule has 106 valence electrons. The maximum absolute atomic E-state index is 13.8. The first-order valence-electron chi connectivity index (χ1n) is 6.32. The van der Waals surface area contributed by atoms with E-state index in [4.69, 9.17) is 4.74 Å². The Balaban J connectivity index is 2.11. The highest BCUT2D eigenvalue weighted by Crippen LogP contribution is 2.23. The van der Waals surface area contributed by atoms with Crippen LogP contribution in [0.4, 0.5) is 8.78 Å². The fourth-order valence-corrected chi connectivity index (χ4v) is 1.87. The number of hydrogen-bond donors (Lipinski definition) is 1. The molecule has 2 aromatic rings. The van der Waals surface area contributed by atoms with Gasteiger partial charge < -0.3 is 9.84 Å². The molecule has 1 atom stereocenters. The Bertz CT molecular complexity index is 609. The Labute approximate surface area is 116 Å². The van der Waals surface area contributed by atoms with Crippen LogP contribution >= 0.6 is 0 Å². The second-order valence-corrected chi connectivity index (χ2v) is 4.73. The number of rotatable bonds is 4. The van der Waals surface area contributed by atoms with Crippen LogP contribution in [0.5, 0.6) is 5.75 Å². The van der Waals surface area contributed by atoms with E-state index in [0.717, 1.165) is 11.1 Å². The van der Waals surface area contributed by atoms with Crippen molar-refractivity contribution in [1.82, 2.24) is 0 Å². The molecule has 0 aliphatic carbocycles. The highest BCUT2D eigenvalue weighted by atomic mass is 19.1. The first-order valence-corrected chi connectivity index (χ1v) is 6.32. The van der Waals surface area contributed by atoms with Gasteiger partial charge in [-0.2, -0.15) is 0 Å². The molecule has 0 bridgehead atoms. The molecular weight excluding hydrogens is 262 g/mol. The van der Waals surface area contributed by atoms with E-state index in [0.29, 0.717) is 5.56 Å². The number of benzene rings is 2. The average molecular weight is 278 g/mol. The summed E-state index contributed by atoms with van der Waals surface area (Å²) in [6, 6.07) is 8.71. The van der Waals surface area contributed by atoms with E-state index >= 15 is 0 Å². The molecule has 0 spiro atoms. The molecule has 0 aliphatic rings. The molecule has 0 aromatic heterocycles. The molecule has 0 radical (unpaired) electrons. The summed E-state index contributed by atoms with van der Waals surface area (Å²) in [5.41, 5.74) is 2.05. The van der Waals surface area contributed by atoms with E-state index in [1.54, 1.807) is 26.0 Å². The van der Waals surface area contributed by atoms with E-state index in [9.17, 15) is 13.9 Å². The minimum absolute atomic E-state index is 0.109. The summed E-state index contributed by atoms with van der Waals surface area (Å²) in [6.07, 6.45) is -0.724. The van der Waals surface area contributed by atoms with Crippen molar-refractivity contribution in [3.05, 3.63) is 64.7 Å². The lowest BCUT2D eigenvalue weighted by Crippen LogP contribution is -2.01. The summed E-state index contributed by atoms with van der Waals surface area (Å²) in [5, 5.41) is 9.37. The number of hydrogen-bond acceptors (Lipinski definition) is 2. The third-order valence-corrected chi connectivity index (χ3v) is 3.13. The molecule has 0 unspecified atom stereocenters. The third kappa shape index (κ3) is 3.33. The van der Waals surface area contributed by atoms with Gasteiger partial charge in [-0.25, -0.2) is 8.78 Å². The molecular formula is C16H16F2O2. The number of aliphatic hydroxyl groups is 1. The second-order valence-electron chi connectivity index (χ2n) is 4.73. The maximum Gasteiger partial charge on any atom is 0.165 e. The van der Waals surface area contributed by atoms with Gasteiger partial charge in [-0.1, -0.05) is 12.1 Å². The molecule has 2 aromatic carbocycles. The van der Waals surface area contributed by atoms with Gasteiger partial charge >= 0.3 is 0 Å². The number of ether oxygens (including phenoxy) is 1. The molecule has 4 heteroatoms. The molecule has 20 heavy (non-hydrogen) atoms. The van der Waals surface area contributed by atoms with Crippen molar-refractivity contribution in [3.8, 4) is 5.75 Å². The summed E-state index contributed by atoms with van der Waals surface area (Å²) >= 11 is 0. The van der Waals surface area contributed by atoms with Gasteiger partial charge in [0.25, 0.3) is 0 Å². The minimum Gasteiger partial charge on any atom is -0.486 e. The summed E-state index contributed by atoms with van der Waals surface area (Å²) < 4.78 is 32.2. The Kier molecular flexibility index (Phi) is 4.35. The van der Waals surface area contributed by atoms with E-state index in [2.05, 4.69) is 0 Å². The van der Waals surface area contributed by atoms with Gasteiger partial charge in [0.1, 0.15) is 12.4 Å². The molecule has 0 fully saturated rings. The smallest absolute Gasteiger partial charge is 0.165 e. The van der Waals surface area contributed by atoms with E-state index < -0.39 is 11.9 Å². The average Bonchev–Trinajstić information content (AvgIpc) is 2.38. The SMILES string of the molecule is Cc1cc(F)ccc1COc1ccc([C@@H](C)O)cc1F. The van der Waals surface area contributed by atoms with Crippen molar-refractivity contribution < 1.29 is 18.6 Å². The number of aryl methyl sites for hydroxylation is 1. The molecule has 0 saturated heterocycles. The van der Waals surface area contributed by atoms with E-state index in [-0.39, 0.29) is 18.2 Å². The van der Waals surface area contributed by atoms with Crippen LogP contribution in [-0.4, -0.2) is 5.11 Å². The maximum atomic E-state index is 13.8. The molecule has 2 rings (SSSR count). The molecule has 0 saturated carbocycles. The van der Waals surface area contributed by atoms with Gasteiger partial charge in [0.05, 0.1) is 6.10 Å². The topological polar surface area (TPSA) is 29.5 Å². The summed E-state index contributed by atoms with van der Waals surface area (Å²) in [6.45, 7) is 3.50. The second kappa shape index (κ2) is 6.01. The Morgan fingerprint density at radius 1 is 1.15 bits per heavy atom. The Morgan fingerprint density at radius 2 is 1.90 bits per heavy atom. The standard InChI is InChI=1S/C16H16F2O2/c1-10-7-14(17)5-3-13(10)9-20-16-6-4-12(11(2)19)8-15(16)18/h3-8,11,19H,9H2,1-2H3/t11-/m1/s1. The van der Waals surface area contributed by atoms with Crippen LogP contribution in [-0.2, 0) is 6.61 Å². The van der Waals surface area contributed by atoms with Gasteiger partial charge in [-0.3, -0.25) is 0 Å². The van der Waals surface area contributed by atoms with Crippen molar-refractivity contribution >= 4 is 0 Å². The van der Waals surface area contributed by atoms with Crippen molar-refractivity contribution in [2.45, 2.75) is 26.6 Å². The number of aliphatic hydroxyl groups excluding tert-OH is 1. The fourth-order valence-electron chi connectivity index (χ4n) is 1.87. The molecule has 0 aliphatic heterocycles. The van der Waals surface area contributed by atoms with Crippen LogP contribution in [0, 0.1) is 18.6 Å². The first-order chi connectivity index (χ1) is 9.47. The summed E-state index contributed by atoms with van der Waals surface area (Å²) in [5.74, 6) is -0.722. The Hall–Kier alpha value is -1.94. The lowest BCUT2D eigenvalue weighted by Gasteiger charge is -2.11. The number of halogens is 2. The molecule has 0 amide bonds. The van der Waals surface area contributed by atoms with Crippen molar-refractivity contribution in [3.63, 3.8) is 0 Å². The van der Waals surface area contributed by atoms with E-state index in [1.165, 1.54) is 24.3 Å². The first kappa shape index (κ1) is 14.5. The van der Waals surface area contributed by atoms with Gasteiger partial charge in [-0.15, -0.1) is 0 Å². The predicted octanol–water partition coefficient (Wildman–Crippen LogP) is 3.91. The monoisotopic (exact) mass is 278 g/mol. The van der Waals surface area contributed by atoms with Crippen molar-refractivity contribution in [2.24, 2.45) is 0 Å². The van der Waals surface area contributed by atoms with Gasteiger partial charge in [-0.05, 0) is 54.8 Å². The molecule has 1 N–H and O–H groups in total. The largest absolute Gasteiger partial charge is 0.486 e. The Morgan fingerprint density at radius 3 is 2.50 bits per heavy atom. The third-order valence-electron chi connectivity index (χ3n) is 3.13. The van der Waals surface area contributed by atoms with Crippen LogP contribution in [0.25, 0.3) is 0 Å².